The summed E-state index contributed by atoms with van der Waals surface area (Å²) in [5.41, 5.74) is -0.193. The van der Waals surface area contributed by atoms with E-state index in [1.807, 2.05) is 27.7 Å². The van der Waals surface area contributed by atoms with E-state index in [1.165, 1.54) is 12.8 Å². The summed E-state index contributed by atoms with van der Waals surface area (Å²) in [4.78, 5) is 12.0. The molecule has 4 nitrogen and oxygen atoms in total. The summed E-state index contributed by atoms with van der Waals surface area (Å²) in [5.74, 6) is -0.00613. The highest BCUT2D eigenvalue weighted by Gasteiger charge is 2.35. The van der Waals surface area contributed by atoms with Gasteiger partial charge in [0.2, 0.25) is 5.91 Å². The van der Waals surface area contributed by atoms with E-state index < -0.39 is 0 Å². The standard InChI is InChI=1S/C14H26N2O2/c1-9(13(17)16-14(2,3)4)18-12-7-10-5-6-11(8-12)15-10/h9-12,15H,5-8H2,1-4H3,(H,16,17). The smallest absolute Gasteiger partial charge is 0.249 e. The zero-order chi connectivity index (χ0) is 13.3. The highest BCUT2D eigenvalue weighted by Crippen LogP contribution is 2.29. The lowest BCUT2D eigenvalue weighted by atomic mass is 10.0. The quantitative estimate of drug-likeness (QED) is 0.804. The maximum absolute atomic E-state index is 12.0. The first kappa shape index (κ1) is 13.8. The monoisotopic (exact) mass is 254 g/mol. The number of carbonyl (C=O) groups is 1. The van der Waals surface area contributed by atoms with E-state index in [1.54, 1.807) is 0 Å². The van der Waals surface area contributed by atoms with Crippen LogP contribution >= 0.6 is 0 Å². The molecule has 2 N–H and O–H groups in total. The molecule has 0 aliphatic carbocycles. The normalized spacial score (nSPS) is 33.2. The van der Waals surface area contributed by atoms with Crippen molar-refractivity contribution < 1.29 is 9.53 Å². The van der Waals surface area contributed by atoms with Gasteiger partial charge in [-0.1, -0.05) is 0 Å². The fraction of sp³-hybridized carbons (Fsp3) is 0.929. The highest BCUT2D eigenvalue weighted by atomic mass is 16.5. The van der Waals surface area contributed by atoms with E-state index in [-0.39, 0.29) is 23.7 Å². The molecular weight excluding hydrogens is 228 g/mol. The molecule has 3 unspecified atom stereocenters. The summed E-state index contributed by atoms with van der Waals surface area (Å²) in [6.07, 6.45) is 4.49. The minimum atomic E-state index is -0.355. The van der Waals surface area contributed by atoms with Crippen molar-refractivity contribution in [2.24, 2.45) is 0 Å². The lowest BCUT2D eigenvalue weighted by Gasteiger charge is -2.31. The number of carbonyl (C=O) groups excluding carboxylic acids is 1. The third kappa shape index (κ3) is 3.69. The second-order valence-corrected chi connectivity index (χ2v) is 6.75. The Morgan fingerprint density at radius 2 is 1.83 bits per heavy atom. The molecule has 2 rings (SSSR count). The Kier molecular flexibility index (Phi) is 3.97. The van der Waals surface area contributed by atoms with Crippen molar-refractivity contribution in [1.29, 1.82) is 0 Å². The van der Waals surface area contributed by atoms with Crippen molar-refractivity contribution in [3.05, 3.63) is 0 Å². The number of amides is 1. The van der Waals surface area contributed by atoms with E-state index in [4.69, 9.17) is 4.74 Å². The van der Waals surface area contributed by atoms with Crippen LogP contribution in [0.2, 0.25) is 0 Å². The topological polar surface area (TPSA) is 50.4 Å². The second kappa shape index (κ2) is 5.17. The van der Waals surface area contributed by atoms with Crippen LogP contribution in [0.5, 0.6) is 0 Å². The van der Waals surface area contributed by atoms with Crippen molar-refractivity contribution in [2.45, 2.75) is 83.2 Å². The average molecular weight is 254 g/mol. The molecule has 2 aliphatic rings. The summed E-state index contributed by atoms with van der Waals surface area (Å²) in [6.45, 7) is 7.82. The molecule has 18 heavy (non-hydrogen) atoms. The molecule has 2 aliphatic heterocycles. The molecule has 0 saturated carbocycles. The third-order valence-electron chi connectivity index (χ3n) is 3.69. The SMILES string of the molecule is CC(OC1CC2CCC(C1)N2)C(=O)NC(C)(C)C. The predicted molar refractivity (Wildman–Crippen MR) is 71.4 cm³/mol. The molecule has 0 aromatic heterocycles. The largest absolute Gasteiger partial charge is 0.365 e. The van der Waals surface area contributed by atoms with E-state index in [2.05, 4.69) is 10.6 Å². The Balaban J connectivity index is 1.80. The zero-order valence-electron chi connectivity index (χ0n) is 12.0. The van der Waals surface area contributed by atoms with Crippen LogP contribution in [0.25, 0.3) is 0 Å². The molecule has 104 valence electrons. The first-order valence-corrected chi connectivity index (χ1v) is 7.07. The first-order chi connectivity index (χ1) is 8.33. The lowest BCUT2D eigenvalue weighted by molar-refractivity contribution is -0.138. The van der Waals surface area contributed by atoms with Crippen LogP contribution in [0.4, 0.5) is 0 Å². The fourth-order valence-corrected chi connectivity index (χ4v) is 2.94. The number of hydrogen-bond donors (Lipinski definition) is 2. The van der Waals surface area contributed by atoms with E-state index in [9.17, 15) is 4.79 Å². The second-order valence-electron chi connectivity index (χ2n) is 6.75. The van der Waals surface area contributed by atoms with Crippen LogP contribution in [0.15, 0.2) is 0 Å². The number of nitrogens with one attached hydrogen (secondary N) is 2. The van der Waals surface area contributed by atoms with Gasteiger partial charge in [0.25, 0.3) is 0 Å². The van der Waals surface area contributed by atoms with Gasteiger partial charge in [0.15, 0.2) is 0 Å². The maximum Gasteiger partial charge on any atom is 0.249 e. The van der Waals surface area contributed by atoms with Crippen molar-refractivity contribution in [2.75, 3.05) is 0 Å². The Morgan fingerprint density at radius 3 is 2.33 bits per heavy atom. The Labute approximate surface area is 110 Å². The molecule has 0 aromatic carbocycles. The first-order valence-electron chi connectivity index (χ1n) is 7.07. The molecular formula is C14H26N2O2. The summed E-state index contributed by atoms with van der Waals surface area (Å²) in [5, 5.41) is 6.55. The van der Waals surface area contributed by atoms with Crippen LogP contribution in [0, 0.1) is 0 Å². The van der Waals surface area contributed by atoms with Crippen LogP contribution in [-0.4, -0.2) is 35.7 Å². The van der Waals surface area contributed by atoms with E-state index >= 15 is 0 Å². The van der Waals surface area contributed by atoms with Crippen molar-refractivity contribution in [3.8, 4) is 0 Å². The van der Waals surface area contributed by atoms with Gasteiger partial charge in [-0.05, 0) is 53.4 Å². The van der Waals surface area contributed by atoms with Gasteiger partial charge in [0.1, 0.15) is 6.10 Å². The molecule has 0 aromatic rings. The molecule has 1 amide bonds. The average Bonchev–Trinajstić information content (AvgIpc) is 2.55. The minimum Gasteiger partial charge on any atom is -0.365 e. The molecule has 0 radical (unpaired) electrons. The van der Waals surface area contributed by atoms with Crippen molar-refractivity contribution in [1.82, 2.24) is 10.6 Å². The minimum absolute atomic E-state index is 0.00613. The zero-order valence-corrected chi connectivity index (χ0v) is 12.0. The Bertz CT molecular complexity index is 299. The molecule has 4 heteroatoms. The van der Waals surface area contributed by atoms with Crippen molar-refractivity contribution >= 4 is 5.91 Å². The summed E-state index contributed by atoms with van der Waals surface area (Å²) < 4.78 is 5.93. The number of rotatable bonds is 3. The highest BCUT2D eigenvalue weighted by molar-refractivity contribution is 5.81. The number of hydrogen-bond acceptors (Lipinski definition) is 3. The van der Waals surface area contributed by atoms with Crippen LogP contribution in [-0.2, 0) is 9.53 Å². The summed E-state index contributed by atoms with van der Waals surface area (Å²) in [7, 11) is 0. The van der Waals surface area contributed by atoms with Gasteiger partial charge in [-0.2, -0.15) is 0 Å². The predicted octanol–water partition coefficient (Wildman–Crippen LogP) is 1.59. The maximum atomic E-state index is 12.0. The molecule has 2 heterocycles. The van der Waals surface area contributed by atoms with E-state index in [0.29, 0.717) is 12.1 Å². The summed E-state index contributed by atoms with van der Waals surface area (Å²) >= 11 is 0. The van der Waals surface area contributed by atoms with Gasteiger partial charge in [0.05, 0.1) is 6.10 Å². The number of fused-ring (bicyclic) bond motifs is 2. The van der Waals surface area contributed by atoms with Crippen LogP contribution in [0.3, 0.4) is 0 Å². The van der Waals surface area contributed by atoms with Gasteiger partial charge in [-0.3, -0.25) is 4.79 Å². The van der Waals surface area contributed by atoms with E-state index in [0.717, 1.165) is 12.8 Å². The number of ether oxygens (including phenoxy) is 1. The molecule has 0 spiro atoms. The van der Waals surface area contributed by atoms with Gasteiger partial charge >= 0.3 is 0 Å². The Hall–Kier alpha value is -0.610. The lowest BCUT2D eigenvalue weighted by Crippen LogP contribution is -2.48. The Morgan fingerprint density at radius 1 is 1.28 bits per heavy atom. The van der Waals surface area contributed by atoms with Gasteiger partial charge in [0, 0.05) is 17.6 Å². The molecule has 2 bridgehead atoms. The van der Waals surface area contributed by atoms with Gasteiger partial charge in [-0.25, -0.2) is 0 Å². The third-order valence-corrected chi connectivity index (χ3v) is 3.69. The number of piperidine rings is 1. The van der Waals surface area contributed by atoms with Crippen molar-refractivity contribution in [3.63, 3.8) is 0 Å². The van der Waals surface area contributed by atoms with Gasteiger partial charge < -0.3 is 15.4 Å². The summed E-state index contributed by atoms with van der Waals surface area (Å²) in [6, 6.07) is 1.21. The van der Waals surface area contributed by atoms with Crippen LogP contribution < -0.4 is 10.6 Å². The molecule has 2 saturated heterocycles. The fourth-order valence-electron chi connectivity index (χ4n) is 2.94. The van der Waals surface area contributed by atoms with Gasteiger partial charge in [-0.15, -0.1) is 0 Å². The molecule has 2 fully saturated rings. The van der Waals surface area contributed by atoms with Crippen LogP contribution in [0.1, 0.15) is 53.4 Å². The molecule has 3 atom stereocenters.